The number of carbonyl (C=O) groups excluding carboxylic acids is 1. The molecular weight excluding hydrogens is 381 g/mol. The van der Waals surface area contributed by atoms with Crippen LogP contribution in [0.4, 0.5) is 0 Å². The van der Waals surface area contributed by atoms with Crippen molar-refractivity contribution in [1.82, 2.24) is 0 Å². The van der Waals surface area contributed by atoms with Gasteiger partial charge >= 0.3 is 13.1 Å². The maximum atomic E-state index is 13.1. The smallest absolute Gasteiger partial charge is 0.457 e. The van der Waals surface area contributed by atoms with Crippen molar-refractivity contribution in [3.05, 3.63) is 46.3 Å². The van der Waals surface area contributed by atoms with Gasteiger partial charge in [-0.3, -0.25) is 4.79 Å². The van der Waals surface area contributed by atoms with E-state index in [1.807, 2.05) is 51.1 Å². The van der Waals surface area contributed by atoms with Crippen molar-refractivity contribution >= 4 is 13.1 Å². The molecule has 8 heteroatoms. The molecule has 7 nitrogen and oxygen atoms in total. The van der Waals surface area contributed by atoms with Gasteiger partial charge in [-0.05, 0) is 63.9 Å². The first-order chi connectivity index (χ1) is 14.3. The number of hydrogen-bond donors (Lipinski definition) is 0. The van der Waals surface area contributed by atoms with Crippen LogP contribution in [0.15, 0.2) is 35.4 Å². The Bertz CT molecular complexity index is 769. The van der Waals surface area contributed by atoms with Crippen LogP contribution in [0.3, 0.4) is 0 Å². The van der Waals surface area contributed by atoms with Crippen molar-refractivity contribution in [2.24, 2.45) is 10.5 Å². The van der Waals surface area contributed by atoms with E-state index in [1.54, 1.807) is 0 Å². The molecule has 0 bridgehead atoms. The predicted molar refractivity (Wildman–Crippen MR) is 116 cm³/mol. The number of nitrogens with zero attached hydrogens (tertiary/aromatic N) is 3. The number of hydrogen-bond acceptors (Lipinski definition) is 5. The Labute approximate surface area is 179 Å². The lowest BCUT2D eigenvalue weighted by atomic mass is 9.77. The van der Waals surface area contributed by atoms with Crippen LogP contribution in [0.25, 0.3) is 10.4 Å². The van der Waals surface area contributed by atoms with Crippen molar-refractivity contribution in [3.8, 4) is 0 Å². The molecule has 1 aliphatic carbocycles. The minimum atomic E-state index is -0.572. The number of rotatable bonds is 9. The van der Waals surface area contributed by atoms with E-state index < -0.39 is 5.41 Å². The third kappa shape index (κ3) is 5.57. The molecule has 0 aromatic heterocycles. The molecule has 1 aromatic carbocycles. The minimum Gasteiger partial charge on any atom is -0.460 e. The molecule has 1 saturated heterocycles. The predicted octanol–water partition coefficient (Wildman–Crippen LogP) is 5.45. The molecule has 2 aliphatic rings. The largest absolute Gasteiger partial charge is 0.460 e. The van der Waals surface area contributed by atoms with Crippen LogP contribution in [-0.2, 0) is 25.4 Å². The summed E-state index contributed by atoms with van der Waals surface area (Å²) in [5.41, 5.74) is 8.94. The summed E-state index contributed by atoms with van der Waals surface area (Å²) >= 11 is 0. The maximum Gasteiger partial charge on any atom is 0.457 e. The fourth-order valence-corrected chi connectivity index (χ4v) is 4.42. The zero-order chi connectivity index (χ0) is 21.6. The summed E-state index contributed by atoms with van der Waals surface area (Å²) in [6.07, 6.45) is 5.38. The van der Waals surface area contributed by atoms with Crippen molar-refractivity contribution in [3.63, 3.8) is 0 Å². The third-order valence-corrected chi connectivity index (χ3v) is 6.56. The molecule has 1 aromatic rings. The molecule has 0 amide bonds. The quantitative estimate of drug-likeness (QED) is 0.134. The van der Waals surface area contributed by atoms with Gasteiger partial charge in [0.2, 0.25) is 0 Å². The Balaban J connectivity index is 1.54. The number of azide groups is 1. The Morgan fingerprint density at radius 2 is 2.10 bits per heavy atom. The van der Waals surface area contributed by atoms with Gasteiger partial charge in [0.05, 0.1) is 17.1 Å². The van der Waals surface area contributed by atoms with E-state index in [4.69, 9.17) is 19.6 Å². The lowest BCUT2D eigenvalue weighted by Crippen LogP contribution is -2.31. The van der Waals surface area contributed by atoms with Crippen molar-refractivity contribution in [2.45, 2.75) is 90.0 Å². The van der Waals surface area contributed by atoms with E-state index in [9.17, 15) is 4.79 Å². The number of ether oxygens (including phenoxy) is 1. The first-order valence-electron chi connectivity index (χ1n) is 10.9. The highest BCUT2D eigenvalue weighted by Crippen LogP contribution is 2.45. The molecule has 0 N–H and O–H groups in total. The van der Waals surface area contributed by atoms with Gasteiger partial charge in [-0.1, -0.05) is 48.3 Å². The van der Waals surface area contributed by atoms with Gasteiger partial charge in [-0.15, -0.1) is 0 Å². The fourth-order valence-electron chi connectivity index (χ4n) is 4.42. The topological polar surface area (TPSA) is 93.5 Å². The first kappa shape index (κ1) is 22.7. The highest BCUT2D eigenvalue weighted by Gasteiger charge is 2.46. The molecule has 1 heterocycles. The Morgan fingerprint density at radius 1 is 1.33 bits per heavy atom. The van der Waals surface area contributed by atoms with Gasteiger partial charge in [0.25, 0.3) is 0 Å². The van der Waals surface area contributed by atoms with Gasteiger partial charge in [-0.25, -0.2) is 0 Å². The standard InChI is InChI=1S/C22H32BN3O4/c1-17-21(2,3)30-23(29-17)14-8-7-12-22(13-11-19(15-22)25-26-24)20(27)28-16-18-9-5-4-6-10-18/h4-6,9-10,17,19H,7-8,11-16H2,1-3H3/t17?,19-,22-/m0/s1. The van der Waals surface area contributed by atoms with E-state index in [-0.39, 0.29) is 37.4 Å². The minimum absolute atomic E-state index is 0.0706. The van der Waals surface area contributed by atoms with Gasteiger partial charge in [0, 0.05) is 11.0 Å². The average Bonchev–Trinajstić information content (AvgIpc) is 3.25. The van der Waals surface area contributed by atoms with E-state index >= 15 is 0 Å². The van der Waals surface area contributed by atoms with Gasteiger partial charge in [-0.2, -0.15) is 0 Å². The highest BCUT2D eigenvalue weighted by atomic mass is 16.7. The molecule has 30 heavy (non-hydrogen) atoms. The van der Waals surface area contributed by atoms with Gasteiger partial charge in [0.1, 0.15) is 6.61 Å². The lowest BCUT2D eigenvalue weighted by molar-refractivity contribution is -0.157. The van der Waals surface area contributed by atoms with Gasteiger partial charge < -0.3 is 14.0 Å². The summed E-state index contributed by atoms with van der Waals surface area (Å²) < 4.78 is 17.6. The number of benzene rings is 1. The monoisotopic (exact) mass is 413 g/mol. The number of unbranched alkanes of at least 4 members (excludes halogenated alkanes) is 1. The van der Waals surface area contributed by atoms with E-state index in [2.05, 4.69) is 10.0 Å². The average molecular weight is 413 g/mol. The van der Waals surface area contributed by atoms with E-state index in [0.717, 1.165) is 37.6 Å². The number of esters is 1. The van der Waals surface area contributed by atoms with E-state index in [1.165, 1.54) is 0 Å². The Hall–Kier alpha value is -2.02. The van der Waals surface area contributed by atoms with Crippen LogP contribution in [0.2, 0.25) is 6.32 Å². The molecule has 2 fully saturated rings. The summed E-state index contributed by atoms with van der Waals surface area (Å²) in [6.45, 7) is 6.39. The zero-order valence-electron chi connectivity index (χ0n) is 18.3. The normalized spacial score (nSPS) is 27.6. The summed E-state index contributed by atoms with van der Waals surface area (Å²) in [4.78, 5) is 16.0. The molecule has 1 aliphatic heterocycles. The summed E-state index contributed by atoms with van der Waals surface area (Å²) in [5, 5.41) is 3.87. The lowest BCUT2D eigenvalue weighted by Gasteiger charge is -2.27. The zero-order valence-corrected chi connectivity index (χ0v) is 18.3. The third-order valence-electron chi connectivity index (χ3n) is 6.56. The summed E-state index contributed by atoms with van der Waals surface area (Å²) in [5.74, 6) is -0.176. The molecule has 0 radical (unpaired) electrons. The van der Waals surface area contributed by atoms with Crippen LogP contribution < -0.4 is 0 Å². The Kier molecular flexibility index (Phi) is 7.45. The molecule has 1 saturated carbocycles. The second-order valence-corrected chi connectivity index (χ2v) is 9.12. The molecule has 3 atom stereocenters. The molecular formula is C22H32BN3O4. The summed E-state index contributed by atoms with van der Waals surface area (Å²) in [6, 6.07) is 9.56. The van der Waals surface area contributed by atoms with Crippen LogP contribution in [0.5, 0.6) is 0 Å². The molecule has 3 rings (SSSR count). The second kappa shape index (κ2) is 9.86. The number of carbonyl (C=O) groups is 1. The first-order valence-corrected chi connectivity index (χ1v) is 10.9. The van der Waals surface area contributed by atoms with Crippen LogP contribution in [0, 0.1) is 5.41 Å². The molecule has 162 valence electrons. The van der Waals surface area contributed by atoms with E-state index in [0.29, 0.717) is 12.8 Å². The Morgan fingerprint density at radius 3 is 2.77 bits per heavy atom. The SMILES string of the molecule is CC1OB(CCCC[C@]2(C(=O)OCc3ccccc3)CC[C@H](N=[N+]=[N-])C2)OC1(C)C. The van der Waals surface area contributed by atoms with Crippen LogP contribution >= 0.6 is 0 Å². The molecule has 0 spiro atoms. The van der Waals surface area contributed by atoms with Crippen LogP contribution in [-0.4, -0.2) is 30.8 Å². The van der Waals surface area contributed by atoms with Crippen molar-refractivity contribution < 1.29 is 18.8 Å². The fraction of sp³-hybridized carbons (Fsp3) is 0.682. The van der Waals surface area contributed by atoms with Crippen LogP contribution in [0.1, 0.15) is 64.9 Å². The maximum absolute atomic E-state index is 13.1. The second-order valence-electron chi connectivity index (χ2n) is 9.12. The highest BCUT2D eigenvalue weighted by molar-refractivity contribution is 6.45. The van der Waals surface area contributed by atoms with Crippen molar-refractivity contribution in [2.75, 3.05) is 0 Å². The van der Waals surface area contributed by atoms with Crippen molar-refractivity contribution in [1.29, 1.82) is 0 Å². The van der Waals surface area contributed by atoms with Gasteiger partial charge in [0.15, 0.2) is 0 Å². The summed E-state index contributed by atoms with van der Waals surface area (Å²) in [7, 11) is -0.185. The molecule has 1 unspecified atom stereocenters.